The number of benzene rings is 2. The highest BCUT2D eigenvalue weighted by Gasteiger charge is 2.08. The van der Waals surface area contributed by atoms with E-state index < -0.39 is 0 Å². The highest BCUT2D eigenvalue weighted by Crippen LogP contribution is 2.34. The molecule has 0 aliphatic heterocycles. The number of halogens is 1. The third-order valence-corrected chi connectivity index (χ3v) is 4.94. The van der Waals surface area contributed by atoms with Gasteiger partial charge in [0.2, 0.25) is 0 Å². The Labute approximate surface area is 130 Å². The normalized spacial score (nSPS) is 10.9. The Bertz CT molecular complexity index is 736. The fourth-order valence-corrected chi connectivity index (χ4v) is 3.57. The van der Waals surface area contributed by atoms with Gasteiger partial charge in [0.05, 0.1) is 12.0 Å². The van der Waals surface area contributed by atoms with Gasteiger partial charge >= 0.3 is 0 Å². The van der Waals surface area contributed by atoms with E-state index in [1.165, 1.54) is 5.56 Å². The minimum absolute atomic E-state index is 0.862. The molecule has 0 aliphatic rings. The minimum Gasteiger partial charge on any atom is -0.497 e. The molecule has 1 aromatic heterocycles. The number of furan rings is 1. The Morgan fingerprint density at radius 3 is 2.90 bits per heavy atom. The molecule has 0 spiro atoms. The first-order chi connectivity index (χ1) is 9.78. The monoisotopic (exact) mass is 348 g/mol. The van der Waals surface area contributed by atoms with E-state index in [9.17, 15) is 0 Å². The first-order valence-corrected chi connectivity index (χ1v) is 7.97. The van der Waals surface area contributed by atoms with Gasteiger partial charge in [-0.15, -0.1) is 11.8 Å². The molecule has 0 saturated heterocycles. The van der Waals surface area contributed by atoms with Crippen LogP contribution >= 0.6 is 27.7 Å². The first kappa shape index (κ1) is 13.6. The van der Waals surface area contributed by atoms with Gasteiger partial charge in [-0.2, -0.15) is 0 Å². The summed E-state index contributed by atoms with van der Waals surface area (Å²) in [4.78, 5) is 1.16. The number of hydrogen-bond donors (Lipinski definition) is 0. The molecule has 1 heterocycles. The van der Waals surface area contributed by atoms with Gasteiger partial charge in [0.1, 0.15) is 17.6 Å². The van der Waals surface area contributed by atoms with Gasteiger partial charge in [0.25, 0.3) is 0 Å². The number of hydrogen-bond acceptors (Lipinski definition) is 3. The second-order valence-electron chi connectivity index (χ2n) is 4.34. The molecular formula is C16H13BrO2S. The second-order valence-corrected chi connectivity index (χ2v) is 6.21. The molecule has 0 fully saturated rings. The van der Waals surface area contributed by atoms with Crippen LogP contribution in [0.2, 0.25) is 0 Å². The van der Waals surface area contributed by atoms with Crippen LogP contribution in [0.4, 0.5) is 0 Å². The second kappa shape index (κ2) is 5.94. The summed E-state index contributed by atoms with van der Waals surface area (Å²) >= 11 is 5.35. The average molecular weight is 349 g/mol. The lowest BCUT2D eigenvalue weighted by Crippen LogP contribution is -1.87. The van der Waals surface area contributed by atoms with Crippen molar-refractivity contribution >= 4 is 38.7 Å². The molecule has 0 unspecified atom stereocenters. The van der Waals surface area contributed by atoms with Gasteiger partial charge in [-0.25, -0.2) is 0 Å². The lowest BCUT2D eigenvalue weighted by Gasteiger charge is -2.06. The smallest absolute Gasteiger partial charge is 0.135 e. The molecule has 2 nitrogen and oxygen atoms in total. The van der Waals surface area contributed by atoms with Crippen molar-refractivity contribution in [2.24, 2.45) is 0 Å². The van der Waals surface area contributed by atoms with Crippen LogP contribution in [-0.2, 0) is 5.75 Å². The van der Waals surface area contributed by atoms with Gasteiger partial charge in [-0.3, -0.25) is 0 Å². The third kappa shape index (κ3) is 2.72. The zero-order valence-corrected chi connectivity index (χ0v) is 13.3. The van der Waals surface area contributed by atoms with E-state index in [0.717, 1.165) is 31.8 Å². The fraction of sp³-hybridized carbons (Fsp3) is 0.125. The number of ether oxygens (including phenoxy) is 1. The Morgan fingerprint density at radius 2 is 2.05 bits per heavy atom. The van der Waals surface area contributed by atoms with Crippen LogP contribution in [0.5, 0.6) is 5.75 Å². The summed E-state index contributed by atoms with van der Waals surface area (Å²) in [6, 6.07) is 14.1. The summed E-state index contributed by atoms with van der Waals surface area (Å²) in [5.74, 6) is 1.74. The molecule has 0 amide bonds. The summed E-state index contributed by atoms with van der Waals surface area (Å²) in [7, 11) is 1.68. The summed E-state index contributed by atoms with van der Waals surface area (Å²) in [6.07, 6.45) is 1.82. The van der Waals surface area contributed by atoms with E-state index in [1.807, 2.05) is 36.6 Å². The maximum absolute atomic E-state index is 5.56. The average Bonchev–Trinajstić information content (AvgIpc) is 2.90. The van der Waals surface area contributed by atoms with Crippen LogP contribution in [0.3, 0.4) is 0 Å². The standard InChI is InChI=1S/C16H13BrO2S/c1-18-12-6-7-14(17)11(8-12)10-20-16-9-19-15-5-3-2-4-13(15)16/h2-9H,10H2,1H3. The first-order valence-electron chi connectivity index (χ1n) is 6.19. The maximum Gasteiger partial charge on any atom is 0.135 e. The molecule has 20 heavy (non-hydrogen) atoms. The molecule has 0 saturated carbocycles. The van der Waals surface area contributed by atoms with Crippen LogP contribution < -0.4 is 4.74 Å². The maximum atomic E-state index is 5.56. The molecule has 0 atom stereocenters. The molecule has 3 rings (SSSR count). The van der Waals surface area contributed by atoms with Crippen molar-refractivity contribution in [3.63, 3.8) is 0 Å². The Kier molecular flexibility index (Phi) is 4.03. The summed E-state index contributed by atoms with van der Waals surface area (Å²) in [5.41, 5.74) is 2.14. The van der Waals surface area contributed by atoms with Crippen LogP contribution in [0.15, 0.2) is 62.5 Å². The summed E-state index contributed by atoms with van der Waals surface area (Å²) < 4.78 is 11.9. The van der Waals surface area contributed by atoms with Gasteiger partial charge in [-0.1, -0.05) is 28.1 Å². The number of thioether (sulfide) groups is 1. The zero-order valence-electron chi connectivity index (χ0n) is 10.9. The van der Waals surface area contributed by atoms with Gasteiger partial charge in [0, 0.05) is 15.6 Å². The van der Waals surface area contributed by atoms with Gasteiger partial charge in [-0.05, 0) is 35.9 Å². The van der Waals surface area contributed by atoms with E-state index in [2.05, 4.69) is 28.1 Å². The Hall–Kier alpha value is -1.39. The van der Waals surface area contributed by atoms with Crippen LogP contribution in [0, 0.1) is 0 Å². The number of rotatable bonds is 4. The molecule has 2 aromatic carbocycles. The quantitative estimate of drug-likeness (QED) is 0.581. The van der Waals surface area contributed by atoms with Crippen molar-refractivity contribution in [1.82, 2.24) is 0 Å². The number of methoxy groups -OCH3 is 1. The van der Waals surface area contributed by atoms with Crippen molar-refractivity contribution in [2.75, 3.05) is 7.11 Å². The predicted octanol–water partition coefficient (Wildman–Crippen LogP) is 5.50. The van der Waals surface area contributed by atoms with Crippen LogP contribution in [0.1, 0.15) is 5.56 Å². The van der Waals surface area contributed by atoms with Crippen LogP contribution in [-0.4, -0.2) is 7.11 Å². The molecule has 0 bridgehead atoms. The van der Waals surface area contributed by atoms with Gasteiger partial charge < -0.3 is 9.15 Å². The third-order valence-electron chi connectivity index (χ3n) is 3.08. The van der Waals surface area contributed by atoms with E-state index in [4.69, 9.17) is 9.15 Å². The van der Waals surface area contributed by atoms with E-state index >= 15 is 0 Å². The van der Waals surface area contributed by atoms with E-state index in [1.54, 1.807) is 18.9 Å². The molecule has 102 valence electrons. The molecule has 0 N–H and O–H groups in total. The SMILES string of the molecule is COc1ccc(Br)c(CSc2coc3ccccc23)c1. The predicted molar refractivity (Wildman–Crippen MR) is 86.5 cm³/mol. The molecule has 4 heteroatoms. The van der Waals surface area contributed by atoms with Crippen LogP contribution in [0.25, 0.3) is 11.0 Å². The van der Waals surface area contributed by atoms with E-state index in [0.29, 0.717) is 0 Å². The highest BCUT2D eigenvalue weighted by atomic mass is 79.9. The molecule has 3 aromatic rings. The largest absolute Gasteiger partial charge is 0.497 e. The molecule has 0 radical (unpaired) electrons. The van der Waals surface area contributed by atoms with E-state index in [-0.39, 0.29) is 0 Å². The van der Waals surface area contributed by atoms with Crippen molar-refractivity contribution < 1.29 is 9.15 Å². The van der Waals surface area contributed by atoms with Crippen molar-refractivity contribution in [3.8, 4) is 5.75 Å². The summed E-state index contributed by atoms with van der Waals surface area (Å²) in [5, 5.41) is 1.16. The summed E-state index contributed by atoms with van der Waals surface area (Å²) in [6.45, 7) is 0. The topological polar surface area (TPSA) is 22.4 Å². The Morgan fingerprint density at radius 1 is 1.20 bits per heavy atom. The Balaban J connectivity index is 1.83. The fourth-order valence-electron chi connectivity index (χ4n) is 2.01. The molecular weight excluding hydrogens is 336 g/mol. The molecule has 0 aliphatic carbocycles. The van der Waals surface area contributed by atoms with Gasteiger partial charge in [0.15, 0.2) is 0 Å². The van der Waals surface area contributed by atoms with Crippen molar-refractivity contribution in [1.29, 1.82) is 0 Å². The van der Waals surface area contributed by atoms with Crippen molar-refractivity contribution in [3.05, 3.63) is 58.8 Å². The number of para-hydroxylation sites is 1. The minimum atomic E-state index is 0.862. The lowest BCUT2D eigenvalue weighted by atomic mass is 10.2. The lowest BCUT2D eigenvalue weighted by molar-refractivity contribution is 0.414. The highest BCUT2D eigenvalue weighted by molar-refractivity contribution is 9.10. The van der Waals surface area contributed by atoms with Crippen molar-refractivity contribution in [2.45, 2.75) is 10.6 Å². The zero-order chi connectivity index (χ0) is 13.9. The number of fused-ring (bicyclic) bond motifs is 1.